The molecule has 2 saturated carbocycles. The number of esters is 1. The number of halogens is 3. The van der Waals surface area contributed by atoms with Gasteiger partial charge in [0.15, 0.2) is 11.5 Å². The highest BCUT2D eigenvalue weighted by Crippen LogP contribution is 2.47. The van der Waals surface area contributed by atoms with E-state index >= 15 is 0 Å². The second-order valence-corrected chi connectivity index (χ2v) is 16.0. The number of hydrogen-bond donors (Lipinski definition) is 1. The molecule has 2 atom stereocenters. The second kappa shape index (κ2) is 13.1. The van der Waals surface area contributed by atoms with Crippen LogP contribution in [0.2, 0.25) is 5.02 Å². The Kier molecular flexibility index (Phi) is 9.00. The van der Waals surface area contributed by atoms with Gasteiger partial charge in [0.1, 0.15) is 16.6 Å². The van der Waals surface area contributed by atoms with E-state index in [1.54, 1.807) is 36.4 Å². The van der Waals surface area contributed by atoms with Gasteiger partial charge >= 0.3 is 12.5 Å². The number of rotatable bonds is 12. The zero-order valence-electron chi connectivity index (χ0n) is 28.0. The molecule has 2 N–H and O–H groups in total. The molecule has 2 aliphatic carbocycles. The Morgan fingerprint density at radius 1 is 1.10 bits per heavy atom. The van der Waals surface area contributed by atoms with Crippen molar-refractivity contribution in [3.05, 3.63) is 76.0 Å². The Morgan fingerprint density at radius 2 is 1.84 bits per heavy atom. The molecule has 1 aliphatic heterocycles. The van der Waals surface area contributed by atoms with Crippen LogP contribution in [0.5, 0.6) is 0 Å². The maximum absolute atomic E-state index is 15.0. The molecule has 0 radical (unpaired) electrons. The van der Waals surface area contributed by atoms with Crippen molar-refractivity contribution in [1.29, 1.82) is 0 Å². The summed E-state index contributed by atoms with van der Waals surface area (Å²) in [5.74, 6) is 0.0515. The van der Waals surface area contributed by atoms with E-state index in [9.17, 15) is 18.4 Å². The van der Waals surface area contributed by atoms with Crippen LogP contribution in [0.25, 0.3) is 21.7 Å². The van der Waals surface area contributed by atoms with Crippen LogP contribution in [0.4, 0.5) is 8.78 Å². The van der Waals surface area contributed by atoms with E-state index in [2.05, 4.69) is 15.3 Å². The number of aliphatic imine (C=N–C) groups is 1. The molecule has 7 rings (SSSR count). The predicted octanol–water partition coefficient (Wildman–Crippen LogP) is 7.87. The van der Waals surface area contributed by atoms with E-state index in [0.717, 1.165) is 30.7 Å². The maximum Gasteiger partial charge on any atom is 0.333 e. The van der Waals surface area contributed by atoms with Gasteiger partial charge in [-0.1, -0.05) is 74.0 Å². The number of amides is 1. The first-order chi connectivity index (χ1) is 23.8. The van der Waals surface area contributed by atoms with Crippen LogP contribution in [0.15, 0.2) is 59.9 Å². The summed E-state index contributed by atoms with van der Waals surface area (Å²) in [6.07, 6.45) is 7.45. The zero-order chi connectivity index (χ0) is 35.4. The number of benzene rings is 2. The normalized spacial score (nSPS) is 20.0. The van der Waals surface area contributed by atoms with Crippen molar-refractivity contribution in [3.63, 3.8) is 0 Å². The summed E-state index contributed by atoms with van der Waals surface area (Å²) in [7, 11) is 0. The fourth-order valence-corrected chi connectivity index (χ4v) is 7.77. The van der Waals surface area contributed by atoms with Gasteiger partial charge < -0.3 is 10.5 Å². The summed E-state index contributed by atoms with van der Waals surface area (Å²) in [6, 6.07) is 11.7. The molecule has 0 bridgehead atoms. The van der Waals surface area contributed by atoms with Gasteiger partial charge in [0, 0.05) is 29.7 Å². The first-order valence-corrected chi connectivity index (χ1v) is 17.9. The molecule has 14 heteroatoms. The average Bonchev–Trinajstić information content (AvgIpc) is 3.96. The lowest BCUT2D eigenvalue weighted by atomic mass is 9.75. The van der Waals surface area contributed by atoms with Gasteiger partial charge in [0.2, 0.25) is 0 Å². The molecule has 50 heavy (non-hydrogen) atoms. The molecule has 3 heterocycles. The molecule has 2 aromatic carbocycles. The summed E-state index contributed by atoms with van der Waals surface area (Å²) in [5, 5.41) is 14.7. The number of ether oxygens (including phenoxy) is 1. The molecule has 4 aromatic rings. The first-order valence-electron chi connectivity index (χ1n) is 16.7. The quantitative estimate of drug-likeness (QED) is 0.148. The van der Waals surface area contributed by atoms with Gasteiger partial charge in [0.05, 0.1) is 17.3 Å². The van der Waals surface area contributed by atoms with Crippen molar-refractivity contribution in [2.24, 2.45) is 22.1 Å². The van der Waals surface area contributed by atoms with Gasteiger partial charge in [-0.05, 0) is 72.3 Å². The van der Waals surface area contributed by atoms with Crippen molar-refractivity contribution in [2.45, 2.75) is 83.3 Å². The molecule has 2 aromatic heterocycles. The van der Waals surface area contributed by atoms with Crippen LogP contribution in [0.1, 0.15) is 93.9 Å². The number of aromatic nitrogens is 4. The third-order valence-corrected chi connectivity index (χ3v) is 10.7. The highest BCUT2D eigenvalue weighted by atomic mass is 35.5. The van der Waals surface area contributed by atoms with Crippen molar-refractivity contribution >= 4 is 40.8 Å². The lowest BCUT2D eigenvalue weighted by Crippen LogP contribution is -2.47. The van der Waals surface area contributed by atoms with Gasteiger partial charge in [-0.15, -0.1) is 10.2 Å². The summed E-state index contributed by atoms with van der Waals surface area (Å²) in [5.41, 5.74) is 7.99. The third kappa shape index (κ3) is 7.02. The largest absolute Gasteiger partial charge is 0.463 e. The topological polar surface area (TPSA) is 129 Å². The molecular weight excluding hydrogens is 684 g/mol. The van der Waals surface area contributed by atoms with Crippen molar-refractivity contribution in [3.8, 4) is 21.7 Å². The Labute approximate surface area is 297 Å². The van der Waals surface area contributed by atoms with E-state index in [0.29, 0.717) is 67.2 Å². The minimum absolute atomic E-state index is 0.00628. The van der Waals surface area contributed by atoms with E-state index in [1.165, 1.54) is 28.6 Å². The molecule has 0 spiro atoms. The van der Waals surface area contributed by atoms with E-state index in [1.807, 2.05) is 26.8 Å². The fraction of sp³-hybridized carbons (Fsp3) is 0.444. The molecule has 0 saturated heterocycles. The third-order valence-electron chi connectivity index (χ3n) is 9.25. The lowest BCUT2D eigenvalue weighted by Gasteiger charge is -2.35. The lowest BCUT2D eigenvalue weighted by molar-refractivity contribution is -0.148. The van der Waals surface area contributed by atoms with Crippen LogP contribution in [0.3, 0.4) is 0 Å². The standard InChI is InChI=1S/C36H38ClF2N7O3S/c1-35(2,3)19-36(25-11-8-21(9-12-25)24-16-41-45(17-24)33(38)39)32(48)46(34(40)42-36)28(18-49-29(47)14-20-4-5-20)23-10-13-27(37)26(15-23)31-44-43-30(50-31)22-6-7-22/h8-13,15-17,20,22,28,33H,4-7,14,18-19H2,1-3H3,(H2,40,42)/t28-,36-/m1/s1. The summed E-state index contributed by atoms with van der Waals surface area (Å²) >= 11 is 8.20. The highest BCUT2D eigenvalue weighted by molar-refractivity contribution is 7.14. The molecule has 262 valence electrons. The van der Waals surface area contributed by atoms with Crippen LogP contribution >= 0.6 is 22.9 Å². The number of nitrogens with two attached hydrogens (primary N) is 1. The SMILES string of the molecule is CC(C)(C)C[C@]1(c2ccc(-c3cnn(C(F)F)c3)cc2)N=C(N)N([C@H](COC(=O)CC2CC2)c2ccc(Cl)c(-c3nnc(C4CC4)s3)c2)C1=O. The molecule has 0 unspecified atom stereocenters. The van der Waals surface area contributed by atoms with Crippen LogP contribution in [0, 0.1) is 11.3 Å². The number of guanidine groups is 1. The minimum atomic E-state index is -2.76. The molecule has 3 aliphatic rings. The second-order valence-electron chi connectivity index (χ2n) is 14.6. The number of carbonyl (C=O) groups excluding carboxylic acids is 2. The molecular formula is C36H38ClF2N7O3S. The fourth-order valence-electron chi connectivity index (χ4n) is 6.47. The van der Waals surface area contributed by atoms with Gasteiger partial charge in [-0.2, -0.15) is 13.9 Å². The van der Waals surface area contributed by atoms with Crippen molar-refractivity contribution in [1.82, 2.24) is 24.9 Å². The molecule has 1 amide bonds. The maximum atomic E-state index is 15.0. The first kappa shape index (κ1) is 34.2. The summed E-state index contributed by atoms with van der Waals surface area (Å²) in [4.78, 5) is 34.2. The highest BCUT2D eigenvalue weighted by Gasteiger charge is 2.53. The predicted molar refractivity (Wildman–Crippen MR) is 187 cm³/mol. The van der Waals surface area contributed by atoms with Crippen LogP contribution < -0.4 is 5.73 Å². The van der Waals surface area contributed by atoms with Gasteiger partial charge in [0.25, 0.3) is 5.91 Å². The molecule has 10 nitrogen and oxygen atoms in total. The van der Waals surface area contributed by atoms with Crippen LogP contribution in [-0.2, 0) is 19.9 Å². The Morgan fingerprint density at radius 3 is 2.48 bits per heavy atom. The number of hydrogen-bond acceptors (Lipinski definition) is 9. The number of carbonyl (C=O) groups is 2. The Bertz CT molecular complexity index is 1950. The number of alkyl halides is 2. The zero-order valence-corrected chi connectivity index (χ0v) is 29.6. The van der Waals surface area contributed by atoms with E-state index < -0.39 is 18.1 Å². The smallest absolute Gasteiger partial charge is 0.333 e. The molecule has 2 fully saturated rings. The monoisotopic (exact) mass is 721 g/mol. The average molecular weight is 722 g/mol. The minimum Gasteiger partial charge on any atom is -0.463 e. The summed E-state index contributed by atoms with van der Waals surface area (Å²) in [6.45, 7) is 3.16. The van der Waals surface area contributed by atoms with Crippen molar-refractivity contribution < 1.29 is 23.1 Å². The van der Waals surface area contributed by atoms with Gasteiger partial charge in [-0.3, -0.25) is 14.5 Å². The number of nitrogens with zero attached hydrogens (tertiary/aromatic N) is 6. The van der Waals surface area contributed by atoms with Gasteiger partial charge in [-0.25, -0.2) is 9.67 Å². The Hall–Kier alpha value is -4.23. The van der Waals surface area contributed by atoms with Crippen LogP contribution in [-0.4, -0.2) is 49.3 Å². The van der Waals surface area contributed by atoms with E-state index in [-0.39, 0.29) is 29.9 Å². The van der Waals surface area contributed by atoms with E-state index in [4.69, 9.17) is 27.1 Å². The Balaban J connectivity index is 1.25. The summed E-state index contributed by atoms with van der Waals surface area (Å²) < 4.78 is 32.8. The van der Waals surface area contributed by atoms with Crippen molar-refractivity contribution in [2.75, 3.05) is 6.61 Å².